The number of allylic oxidation sites excluding steroid dienone is 2. The molecule has 0 radical (unpaired) electrons. The molecule has 1 aromatic carbocycles. The molecule has 0 bridgehead atoms. The van der Waals surface area contributed by atoms with Crippen LogP contribution in [-0.4, -0.2) is 29.1 Å². The second-order valence-corrected chi connectivity index (χ2v) is 6.64. The predicted octanol–water partition coefficient (Wildman–Crippen LogP) is 3.56. The van der Waals surface area contributed by atoms with Gasteiger partial charge >= 0.3 is 11.9 Å². The Morgan fingerprint density at radius 3 is 2.50 bits per heavy atom. The molecule has 2 N–H and O–H groups in total. The molecule has 1 aliphatic carbocycles. The molecule has 3 atom stereocenters. The van der Waals surface area contributed by atoms with Crippen LogP contribution >= 0.6 is 0 Å². The van der Waals surface area contributed by atoms with Gasteiger partial charge in [-0.15, -0.1) is 0 Å². The van der Waals surface area contributed by atoms with Crippen LogP contribution in [0, 0.1) is 18.8 Å². The van der Waals surface area contributed by atoms with Crippen molar-refractivity contribution in [3.63, 3.8) is 0 Å². The van der Waals surface area contributed by atoms with Gasteiger partial charge in [0.25, 0.3) is 0 Å². The third-order valence-electron chi connectivity index (χ3n) is 4.71. The molecular formula is C20H25NO5. The molecule has 6 heteroatoms. The summed E-state index contributed by atoms with van der Waals surface area (Å²) in [6.07, 6.45) is 5.21. The first kappa shape index (κ1) is 19.7. The molecule has 2 rings (SSSR count). The van der Waals surface area contributed by atoms with Crippen molar-refractivity contribution in [1.29, 1.82) is 0 Å². The van der Waals surface area contributed by atoms with Crippen molar-refractivity contribution in [2.24, 2.45) is 11.8 Å². The topological polar surface area (TPSA) is 92.7 Å². The van der Waals surface area contributed by atoms with Crippen molar-refractivity contribution >= 4 is 23.5 Å². The number of aryl methyl sites for hydroxylation is 1. The summed E-state index contributed by atoms with van der Waals surface area (Å²) in [4.78, 5) is 36.3. The lowest BCUT2D eigenvalue weighted by molar-refractivity contribution is -0.157. The number of esters is 1. The summed E-state index contributed by atoms with van der Waals surface area (Å²) in [5.41, 5.74) is 1.30. The first-order valence-corrected chi connectivity index (χ1v) is 8.83. The highest BCUT2D eigenvalue weighted by atomic mass is 16.5. The van der Waals surface area contributed by atoms with E-state index in [-0.39, 0.29) is 23.5 Å². The molecule has 1 aliphatic rings. The van der Waals surface area contributed by atoms with Gasteiger partial charge in [0.1, 0.15) is 0 Å². The fourth-order valence-electron chi connectivity index (χ4n) is 2.85. The van der Waals surface area contributed by atoms with E-state index >= 15 is 0 Å². The van der Waals surface area contributed by atoms with Gasteiger partial charge in [-0.3, -0.25) is 9.59 Å². The number of nitrogens with one attached hydrogen (secondary N) is 1. The Morgan fingerprint density at radius 2 is 1.88 bits per heavy atom. The fraction of sp³-hybridized carbons (Fsp3) is 0.450. The lowest BCUT2D eigenvalue weighted by atomic mass is 9.82. The highest BCUT2D eigenvalue weighted by molar-refractivity contribution is 5.97. The molecule has 140 valence electrons. The maximum atomic E-state index is 12.8. The molecule has 1 aromatic rings. The van der Waals surface area contributed by atoms with Crippen LogP contribution in [-0.2, 0) is 14.3 Å². The zero-order chi connectivity index (χ0) is 19.3. The highest BCUT2D eigenvalue weighted by Gasteiger charge is 2.35. The van der Waals surface area contributed by atoms with Gasteiger partial charge in [0.2, 0.25) is 5.91 Å². The summed E-state index contributed by atoms with van der Waals surface area (Å²) in [5.74, 6) is -2.79. The maximum absolute atomic E-state index is 12.8. The number of amides is 1. The van der Waals surface area contributed by atoms with E-state index in [0.29, 0.717) is 24.9 Å². The van der Waals surface area contributed by atoms with Crippen molar-refractivity contribution in [1.82, 2.24) is 0 Å². The molecule has 0 saturated heterocycles. The average molecular weight is 359 g/mol. The van der Waals surface area contributed by atoms with E-state index in [1.807, 2.05) is 26.0 Å². The van der Waals surface area contributed by atoms with E-state index < -0.39 is 17.8 Å². The molecule has 1 amide bonds. The smallest absolute Gasteiger partial charge is 0.335 e. The molecule has 0 fully saturated rings. The van der Waals surface area contributed by atoms with Crippen LogP contribution in [0.3, 0.4) is 0 Å². The predicted molar refractivity (Wildman–Crippen MR) is 98.0 cm³/mol. The first-order chi connectivity index (χ1) is 12.3. The molecule has 26 heavy (non-hydrogen) atoms. The van der Waals surface area contributed by atoms with Crippen LogP contribution in [0.25, 0.3) is 0 Å². The number of hydrogen-bond donors (Lipinski definition) is 2. The zero-order valence-electron chi connectivity index (χ0n) is 15.3. The number of benzene rings is 1. The van der Waals surface area contributed by atoms with Crippen LogP contribution in [0.2, 0.25) is 0 Å². The summed E-state index contributed by atoms with van der Waals surface area (Å²) in [6.45, 7) is 5.55. The number of aromatic carboxylic acids is 1. The normalized spacial score (nSPS) is 20.3. The summed E-state index contributed by atoms with van der Waals surface area (Å²) in [6, 6.07) is 4.57. The van der Waals surface area contributed by atoms with E-state index in [0.717, 1.165) is 5.56 Å². The average Bonchev–Trinajstić information content (AvgIpc) is 2.63. The monoisotopic (exact) mass is 359 g/mol. The van der Waals surface area contributed by atoms with E-state index in [9.17, 15) is 14.4 Å². The largest absolute Gasteiger partial charge is 0.478 e. The number of rotatable bonds is 6. The molecule has 0 aromatic heterocycles. The minimum absolute atomic E-state index is 0.0992. The number of carboxylic acid groups (broad SMARTS) is 1. The zero-order valence-corrected chi connectivity index (χ0v) is 15.3. The second kappa shape index (κ2) is 8.65. The Kier molecular flexibility index (Phi) is 6.55. The van der Waals surface area contributed by atoms with Crippen molar-refractivity contribution < 1.29 is 24.2 Å². The number of ether oxygens (including phenoxy) is 1. The summed E-state index contributed by atoms with van der Waals surface area (Å²) in [7, 11) is 0. The second-order valence-electron chi connectivity index (χ2n) is 6.64. The molecule has 0 unspecified atom stereocenters. The number of anilines is 1. The number of hydrogen-bond acceptors (Lipinski definition) is 4. The molecule has 0 aliphatic heterocycles. The highest BCUT2D eigenvalue weighted by Crippen LogP contribution is 2.29. The van der Waals surface area contributed by atoms with Gasteiger partial charge in [0.05, 0.1) is 23.5 Å². The van der Waals surface area contributed by atoms with Crippen molar-refractivity contribution in [2.45, 2.75) is 46.1 Å². The Balaban J connectivity index is 2.16. The van der Waals surface area contributed by atoms with E-state index in [4.69, 9.17) is 9.84 Å². The van der Waals surface area contributed by atoms with Crippen LogP contribution < -0.4 is 5.32 Å². The van der Waals surface area contributed by atoms with Crippen LogP contribution in [0.1, 0.15) is 49.0 Å². The fourth-order valence-corrected chi connectivity index (χ4v) is 2.85. The Hall–Kier alpha value is -2.63. The third kappa shape index (κ3) is 4.71. The van der Waals surface area contributed by atoms with Crippen LogP contribution in [0.5, 0.6) is 0 Å². The summed E-state index contributed by atoms with van der Waals surface area (Å²) >= 11 is 0. The number of carbonyl (C=O) groups is 3. The number of carbonyl (C=O) groups excluding carboxylic acids is 2. The lowest BCUT2D eigenvalue weighted by Gasteiger charge is -2.27. The van der Waals surface area contributed by atoms with Crippen molar-refractivity contribution in [3.05, 3.63) is 41.5 Å². The maximum Gasteiger partial charge on any atom is 0.335 e. The summed E-state index contributed by atoms with van der Waals surface area (Å²) < 4.78 is 5.41. The molecule has 0 spiro atoms. The first-order valence-electron chi connectivity index (χ1n) is 8.83. The summed E-state index contributed by atoms with van der Waals surface area (Å²) in [5, 5.41) is 11.9. The third-order valence-corrected chi connectivity index (χ3v) is 4.71. The van der Waals surface area contributed by atoms with Gasteiger partial charge in [0.15, 0.2) is 0 Å². The molecule has 6 nitrogen and oxygen atoms in total. The standard InChI is InChI=1S/C20H25NO5/c1-4-13(3)26-20(25)16-8-6-5-7-15(16)18(22)21-17-11-14(19(23)24)10-9-12(17)2/h5-6,9-11,13,15-16H,4,7-8H2,1-3H3,(H,21,22)(H,23,24)/t13-,15-,16-/m0/s1. The van der Waals surface area contributed by atoms with Gasteiger partial charge in [-0.25, -0.2) is 4.79 Å². The Bertz CT molecular complexity index is 725. The SMILES string of the molecule is CC[C@H](C)OC(=O)[C@H]1CC=CC[C@@H]1C(=O)Nc1cc(C(=O)O)ccc1C. The van der Waals surface area contributed by atoms with Crippen LogP contribution in [0.4, 0.5) is 5.69 Å². The molecule has 0 heterocycles. The van der Waals surface area contributed by atoms with Gasteiger partial charge in [0, 0.05) is 5.69 Å². The van der Waals surface area contributed by atoms with Gasteiger partial charge in [-0.2, -0.15) is 0 Å². The Labute approximate surface area is 153 Å². The van der Waals surface area contributed by atoms with E-state index in [2.05, 4.69) is 5.32 Å². The van der Waals surface area contributed by atoms with Gasteiger partial charge in [-0.05, 0) is 50.8 Å². The van der Waals surface area contributed by atoms with Crippen LogP contribution in [0.15, 0.2) is 30.4 Å². The van der Waals surface area contributed by atoms with Crippen molar-refractivity contribution in [2.75, 3.05) is 5.32 Å². The Morgan fingerprint density at radius 1 is 1.23 bits per heavy atom. The number of carboxylic acids is 1. The quantitative estimate of drug-likeness (QED) is 0.598. The minimum Gasteiger partial charge on any atom is -0.478 e. The van der Waals surface area contributed by atoms with Gasteiger partial charge in [-0.1, -0.05) is 25.1 Å². The molecular weight excluding hydrogens is 334 g/mol. The van der Waals surface area contributed by atoms with E-state index in [1.54, 1.807) is 13.0 Å². The van der Waals surface area contributed by atoms with E-state index in [1.165, 1.54) is 12.1 Å². The lowest BCUT2D eigenvalue weighted by Crippen LogP contribution is -2.36. The minimum atomic E-state index is -1.06. The van der Waals surface area contributed by atoms with Crippen molar-refractivity contribution in [3.8, 4) is 0 Å². The van der Waals surface area contributed by atoms with Gasteiger partial charge < -0.3 is 15.2 Å². The molecule has 0 saturated carbocycles.